The molecule has 0 aromatic heterocycles. The fourth-order valence-corrected chi connectivity index (χ4v) is 6.59. The minimum atomic E-state index is -0.396. The summed E-state index contributed by atoms with van der Waals surface area (Å²) in [6, 6.07) is 17.3. The number of carbonyl (C=O) groups is 2. The van der Waals surface area contributed by atoms with Crippen LogP contribution in [0, 0.1) is 11.8 Å². The van der Waals surface area contributed by atoms with Gasteiger partial charge < -0.3 is 19.7 Å². The van der Waals surface area contributed by atoms with Crippen molar-refractivity contribution >= 4 is 11.8 Å². The number of hydrogen-bond donors (Lipinski definition) is 1. The van der Waals surface area contributed by atoms with Gasteiger partial charge in [-0.1, -0.05) is 62.4 Å². The van der Waals surface area contributed by atoms with Gasteiger partial charge >= 0.3 is 0 Å². The maximum Gasteiger partial charge on any atom is 0.245 e. The van der Waals surface area contributed by atoms with E-state index in [1.807, 2.05) is 47.4 Å². The van der Waals surface area contributed by atoms with Crippen molar-refractivity contribution in [2.24, 2.45) is 11.8 Å². The predicted molar refractivity (Wildman–Crippen MR) is 151 cm³/mol. The van der Waals surface area contributed by atoms with Crippen molar-refractivity contribution in [2.45, 2.75) is 70.0 Å². The van der Waals surface area contributed by atoms with E-state index in [-0.39, 0.29) is 23.8 Å². The number of rotatable bonds is 10. The number of carbonyl (C=O) groups excluding carboxylic acids is 2. The average molecular weight is 534 g/mol. The van der Waals surface area contributed by atoms with E-state index in [2.05, 4.69) is 22.3 Å². The second-order valence-corrected chi connectivity index (χ2v) is 11.4. The minimum absolute atomic E-state index is 0.0268. The van der Waals surface area contributed by atoms with Crippen molar-refractivity contribution in [3.63, 3.8) is 0 Å². The van der Waals surface area contributed by atoms with Crippen LogP contribution in [0.2, 0.25) is 0 Å². The van der Waals surface area contributed by atoms with Crippen molar-refractivity contribution in [3.8, 4) is 11.5 Å². The first kappa shape index (κ1) is 27.7. The van der Waals surface area contributed by atoms with Gasteiger partial charge in [0, 0.05) is 20.2 Å². The highest BCUT2D eigenvalue weighted by atomic mass is 16.5. The first-order valence-corrected chi connectivity index (χ1v) is 14.7. The topological polar surface area (TPSA) is 71.1 Å². The molecule has 7 nitrogen and oxygen atoms in total. The molecule has 3 aliphatic rings. The summed E-state index contributed by atoms with van der Waals surface area (Å²) >= 11 is 0. The molecule has 1 unspecified atom stereocenters. The highest BCUT2D eigenvalue weighted by Crippen LogP contribution is 2.32. The SMILES string of the molecule is COCCN1C(=O)[C@H](CC2CCCCC2)NC(=O)C1C1CCN(Cc2ccc(Oc3ccccc3)cc2)CC1. The Bertz CT molecular complexity index is 1060. The van der Waals surface area contributed by atoms with E-state index < -0.39 is 6.04 Å². The van der Waals surface area contributed by atoms with Gasteiger partial charge in [-0.05, 0) is 74.0 Å². The molecule has 0 radical (unpaired) electrons. The second kappa shape index (κ2) is 13.4. The van der Waals surface area contributed by atoms with Crippen LogP contribution < -0.4 is 10.1 Å². The third-order valence-corrected chi connectivity index (χ3v) is 8.72. The van der Waals surface area contributed by atoms with Crippen molar-refractivity contribution in [2.75, 3.05) is 33.4 Å². The van der Waals surface area contributed by atoms with Gasteiger partial charge in [-0.25, -0.2) is 0 Å². The smallest absolute Gasteiger partial charge is 0.245 e. The fourth-order valence-electron chi connectivity index (χ4n) is 6.59. The number of methoxy groups -OCH3 is 1. The molecule has 3 fully saturated rings. The van der Waals surface area contributed by atoms with Crippen LogP contribution in [0.25, 0.3) is 0 Å². The summed E-state index contributed by atoms with van der Waals surface area (Å²) in [5, 5.41) is 3.14. The summed E-state index contributed by atoms with van der Waals surface area (Å²) in [6.07, 6.45) is 8.67. The maximum absolute atomic E-state index is 13.6. The molecule has 5 rings (SSSR count). The zero-order chi connectivity index (χ0) is 27.0. The Balaban J connectivity index is 1.15. The van der Waals surface area contributed by atoms with E-state index in [1.54, 1.807) is 7.11 Å². The first-order valence-electron chi connectivity index (χ1n) is 14.7. The third-order valence-electron chi connectivity index (χ3n) is 8.72. The normalized spacial score (nSPS) is 23.6. The lowest BCUT2D eigenvalue weighted by Gasteiger charge is -2.45. The molecule has 1 saturated carbocycles. The summed E-state index contributed by atoms with van der Waals surface area (Å²) in [5.41, 5.74) is 1.24. The molecule has 210 valence electrons. The van der Waals surface area contributed by atoms with Gasteiger partial charge in [0.05, 0.1) is 6.61 Å². The van der Waals surface area contributed by atoms with Crippen LogP contribution in [0.5, 0.6) is 11.5 Å². The number of nitrogens with one attached hydrogen (secondary N) is 1. The van der Waals surface area contributed by atoms with Gasteiger partial charge in [-0.2, -0.15) is 0 Å². The van der Waals surface area contributed by atoms with Crippen LogP contribution in [0.15, 0.2) is 54.6 Å². The number of hydrogen-bond acceptors (Lipinski definition) is 5. The largest absolute Gasteiger partial charge is 0.457 e. The van der Waals surface area contributed by atoms with Crippen LogP contribution in [0.4, 0.5) is 0 Å². The summed E-state index contributed by atoms with van der Waals surface area (Å²) in [7, 11) is 1.65. The number of piperidine rings is 1. The van der Waals surface area contributed by atoms with E-state index in [9.17, 15) is 9.59 Å². The van der Waals surface area contributed by atoms with E-state index in [0.717, 1.165) is 50.4 Å². The molecule has 0 spiro atoms. The first-order chi connectivity index (χ1) is 19.1. The van der Waals surface area contributed by atoms with Crippen LogP contribution in [-0.4, -0.2) is 67.0 Å². The molecule has 2 aromatic rings. The van der Waals surface area contributed by atoms with Crippen molar-refractivity contribution in [3.05, 3.63) is 60.2 Å². The van der Waals surface area contributed by atoms with Crippen LogP contribution in [0.1, 0.15) is 56.9 Å². The van der Waals surface area contributed by atoms with Gasteiger partial charge in [0.1, 0.15) is 23.6 Å². The number of para-hydroxylation sites is 1. The summed E-state index contributed by atoms with van der Waals surface area (Å²) in [6.45, 7) is 3.62. The van der Waals surface area contributed by atoms with Gasteiger partial charge in [0.15, 0.2) is 0 Å². The molecule has 2 aromatic carbocycles. The minimum Gasteiger partial charge on any atom is -0.457 e. The number of likely N-dealkylation sites (tertiary alicyclic amines) is 1. The molecule has 2 amide bonds. The zero-order valence-electron chi connectivity index (χ0n) is 23.2. The second-order valence-electron chi connectivity index (χ2n) is 11.4. The van der Waals surface area contributed by atoms with Gasteiger partial charge in [0.25, 0.3) is 0 Å². The molecule has 2 saturated heterocycles. The Morgan fingerprint density at radius 2 is 1.56 bits per heavy atom. The molecule has 0 bridgehead atoms. The van der Waals surface area contributed by atoms with Crippen LogP contribution >= 0.6 is 0 Å². The monoisotopic (exact) mass is 533 g/mol. The van der Waals surface area contributed by atoms with Gasteiger partial charge in [0.2, 0.25) is 11.8 Å². The predicted octanol–water partition coefficient (Wildman–Crippen LogP) is 5.00. The molecule has 1 N–H and O–H groups in total. The van der Waals surface area contributed by atoms with E-state index in [4.69, 9.17) is 9.47 Å². The lowest BCUT2D eigenvalue weighted by molar-refractivity contribution is -0.153. The standard InChI is InChI=1S/C32H43N3O4/c1-38-21-20-35-30(31(36)33-29(32(35)37)22-24-8-4-2-5-9-24)26-16-18-34(19-17-26)23-25-12-14-28(15-13-25)39-27-10-6-3-7-11-27/h3,6-7,10-15,24,26,29-30H,2,4-5,8-9,16-23H2,1H3,(H,33,36)/t29-,30?/m0/s1. The van der Waals surface area contributed by atoms with Crippen molar-refractivity contribution < 1.29 is 19.1 Å². The molecular formula is C32H43N3O4. The Hall–Kier alpha value is -2.90. The molecule has 2 aliphatic heterocycles. The lowest BCUT2D eigenvalue weighted by atomic mass is 9.82. The molecular weight excluding hydrogens is 490 g/mol. The fraction of sp³-hybridized carbons (Fsp3) is 0.562. The quantitative estimate of drug-likeness (QED) is 0.465. The Kier molecular flexibility index (Phi) is 9.53. The number of piperazine rings is 1. The molecule has 2 heterocycles. The van der Waals surface area contributed by atoms with Gasteiger partial charge in [-0.3, -0.25) is 14.5 Å². The Morgan fingerprint density at radius 3 is 2.26 bits per heavy atom. The summed E-state index contributed by atoms with van der Waals surface area (Å²) in [5.74, 6) is 2.48. The van der Waals surface area contributed by atoms with Crippen LogP contribution in [0.3, 0.4) is 0 Å². The van der Waals surface area contributed by atoms with Gasteiger partial charge in [-0.15, -0.1) is 0 Å². The Morgan fingerprint density at radius 1 is 0.872 bits per heavy atom. The highest BCUT2D eigenvalue weighted by Gasteiger charge is 2.45. The lowest BCUT2D eigenvalue weighted by Crippen LogP contribution is -2.66. The summed E-state index contributed by atoms with van der Waals surface area (Å²) in [4.78, 5) is 31.3. The Labute approximate surface area is 232 Å². The highest BCUT2D eigenvalue weighted by molar-refractivity contribution is 5.97. The molecule has 7 heteroatoms. The van der Waals surface area contributed by atoms with E-state index in [1.165, 1.54) is 37.7 Å². The third kappa shape index (κ3) is 7.20. The molecule has 39 heavy (non-hydrogen) atoms. The maximum atomic E-state index is 13.6. The van der Waals surface area contributed by atoms with E-state index >= 15 is 0 Å². The average Bonchev–Trinajstić information content (AvgIpc) is 2.97. The number of ether oxygens (including phenoxy) is 2. The molecule has 1 aliphatic carbocycles. The number of benzene rings is 2. The van der Waals surface area contributed by atoms with Crippen molar-refractivity contribution in [1.82, 2.24) is 15.1 Å². The van der Waals surface area contributed by atoms with E-state index in [0.29, 0.717) is 19.1 Å². The summed E-state index contributed by atoms with van der Waals surface area (Å²) < 4.78 is 11.2. The number of nitrogens with zero attached hydrogens (tertiary/aromatic N) is 2. The van der Waals surface area contributed by atoms with Crippen LogP contribution in [-0.2, 0) is 20.9 Å². The van der Waals surface area contributed by atoms with Crippen molar-refractivity contribution in [1.29, 1.82) is 0 Å². The zero-order valence-corrected chi connectivity index (χ0v) is 23.2. The molecule has 2 atom stereocenters. The number of amides is 2.